The summed E-state index contributed by atoms with van der Waals surface area (Å²) in [5.74, 6) is 1.80. The molecule has 5 atom stereocenters. The molecule has 0 spiro atoms. The first-order chi connectivity index (χ1) is 9.29. The number of aliphatic hydroxyl groups excluding tert-OH is 1. The Morgan fingerprint density at radius 3 is 2.58 bits per heavy atom. The number of piperidine rings is 1. The topological polar surface area (TPSA) is 23.5 Å². The molecule has 2 aliphatic carbocycles. The number of hydrogen-bond acceptors (Lipinski definition) is 2. The van der Waals surface area contributed by atoms with Gasteiger partial charge in [-0.1, -0.05) is 26.2 Å². The molecule has 0 bridgehead atoms. The van der Waals surface area contributed by atoms with Crippen molar-refractivity contribution < 1.29 is 5.11 Å². The van der Waals surface area contributed by atoms with Gasteiger partial charge >= 0.3 is 0 Å². The number of fused-ring (bicyclic) bond motifs is 1. The molecule has 3 fully saturated rings. The summed E-state index contributed by atoms with van der Waals surface area (Å²) in [6.45, 7) is 3.57. The predicted octanol–water partition coefficient (Wildman–Crippen LogP) is 3.58. The standard InChI is InChI=1S/C17H31NO/c1-2-13-9-10-17(19)16(12-13)18-11-5-7-14-6-3-4-8-15(14)18/h13-17,19H,2-12H2,1H3. The second-order valence-corrected chi connectivity index (χ2v) is 7.21. The zero-order valence-electron chi connectivity index (χ0n) is 12.6. The third kappa shape index (κ3) is 2.85. The fourth-order valence-corrected chi connectivity index (χ4v) is 5.02. The molecule has 19 heavy (non-hydrogen) atoms. The van der Waals surface area contributed by atoms with Crippen molar-refractivity contribution in [3.63, 3.8) is 0 Å². The van der Waals surface area contributed by atoms with Gasteiger partial charge in [-0.3, -0.25) is 4.90 Å². The van der Waals surface area contributed by atoms with E-state index in [2.05, 4.69) is 11.8 Å². The van der Waals surface area contributed by atoms with Gasteiger partial charge in [-0.25, -0.2) is 0 Å². The lowest BCUT2D eigenvalue weighted by molar-refractivity contribution is -0.0539. The fraction of sp³-hybridized carbons (Fsp3) is 1.00. The maximum Gasteiger partial charge on any atom is 0.0695 e. The lowest BCUT2D eigenvalue weighted by Gasteiger charge is -2.50. The number of likely N-dealkylation sites (tertiary alicyclic amines) is 1. The van der Waals surface area contributed by atoms with Crippen molar-refractivity contribution in [1.82, 2.24) is 4.90 Å². The third-order valence-electron chi connectivity index (χ3n) is 6.18. The third-order valence-corrected chi connectivity index (χ3v) is 6.18. The monoisotopic (exact) mass is 265 g/mol. The highest BCUT2D eigenvalue weighted by Crippen LogP contribution is 2.40. The lowest BCUT2D eigenvalue weighted by Crippen LogP contribution is -2.56. The molecule has 0 aromatic rings. The van der Waals surface area contributed by atoms with Crippen LogP contribution in [0.15, 0.2) is 0 Å². The summed E-state index contributed by atoms with van der Waals surface area (Å²) in [5, 5.41) is 10.5. The lowest BCUT2D eigenvalue weighted by atomic mass is 9.75. The van der Waals surface area contributed by atoms with Crippen LogP contribution >= 0.6 is 0 Å². The van der Waals surface area contributed by atoms with Crippen molar-refractivity contribution in [3.05, 3.63) is 0 Å². The molecule has 5 unspecified atom stereocenters. The summed E-state index contributed by atoms with van der Waals surface area (Å²) in [4.78, 5) is 2.75. The van der Waals surface area contributed by atoms with Crippen LogP contribution in [0.2, 0.25) is 0 Å². The first-order valence-corrected chi connectivity index (χ1v) is 8.73. The molecule has 0 aromatic heterocycles. The second-order valence-electron chi connectivity index (χ2n) is 7.21. The molecule has 2 saturated carbocycles. The Morgan fingerprint density at radius 2 is 1.74 bits per heavy atom. The Balaban J connectivity index is 1.71. The molecule has 1 heterocycles. The Labute approximate surface area is 118 Å². The normalized spacial score (nSPS) is 44.8. The average Bonchev–Trinajstić information content (AvgIpc) is 2.47. The first kappa shape index (κ1) is 13.9. The Kier molecular flexibility index (Phi) is 4.48. The largest absolute Gasteiger partial charge is 0.391 e. The van der Waals surface area contributed by atoms with Gasteiger partial charge in [0.1, 0.15) is 0 Å². The van der Waals surface area contributed by atoms with Crippen molar-refractivity contribution in [1.29, 1.82) is 0 Å². The fourth-order valence-electron chi connectivity index (χ4n) is 5.02. The molecule has 3 aliphatic rings. The van der Waals surface area contributed by atoms with Crippen molar-refractivity contribution in [2.24, 2.45) is 11.8 Å². The van der Waals surface area contributed by atoms with Gasteiger partial charge in [-0.15, -0.1) is 0 Å². The highest BCUT2D eigenvalue weighted by molar-refractivity contribution is 4.95. The molecular weight excluding hydrogens is 234 g/mol. The maximum atomic E-state index is 10.5. The van der Waals surface area contributed by atoms with Gasteiger partial charge in [-0.2, -0.15) is 0 Å². The van der Waals surface area contributed by atoms with E-state index in [4.69, 9.17) is 0 Å². The van der Waals surface area contributed by atoms with E-state index >= 15 is 0 Å². The van der Waals surface area contributed by atoms with Gasteiger partial charge in [0.25, 0.3) is 0 Å². The smallest absolute Gasteiger partial charge is 0.0695 e. The van der Waals surface area contributed by atoms with Gasteiger partial charge in [0.05, 0.1) is 6.10 Å². The van der Waals surface area contributed by atoms with Crippen LogP contribution in [0.3, 0.4) is 0 Å². The van der Waals surface area contributed by atoms with E-state index in [-0.39, 0.29) is 6.10 Å². The zero-order valence-corrected chi connectivity index (χ0v) is 12.6. The maximum absolute atomic E-state index is 10.5. The van der Waals surface area contributed by atoms with Crippen LogP contribution in [0.5, 0.6) is 0 Å². The van der Waals surface area contributed by atoms with E-state index < -0.39 is 0 Å². The van der Waals surface area contributed by atoms with Crippen LogP contribution < -0.4 is 0 Å². The summed E-state index contributed by atoms with van der Waals surface area (Å²) >= 11 is 0. The van der Waals surface area contributed by atoms with E-state index in [0.29, 0.717) is 6.04 Å². The van der Waals surface area contributed by atoms with Crippen LogP contribution in [-0.2, 0) is 0 Å². The number of rotatable bonds is 2. The Bertz CT molecular complexity index is 291. The highest BCUT2D eigenvalue weighted by atomic mass is 16.3. The molecule has 2 nitrogen and oxygen atoms in total. The van der Waals surface area contributed by atoms with E-state index in [0.717, 1.165) is 24.3 Å². The summed E-state index contributed by atoms with van der Waals surface area (Å²) < 4.78 is 0. The minimum Gasteiger partial charge on any atom is -0.391 e. The minimum atomic E-state index is -0.0523. The van der Waals surface area contributed by atoms with Gasteiger partial charge in [0.15, 0.2) is 0 Å². The summed E-state index contributed by atoms with van der Waals surface area (Å²) in [5.41, 5.74) is 0. The Hall–Kier alpha value is -0.0800. The van der Waals surface area contributed by atoms with Gasteiger partial charge in [0.2, 0.25) is 0 Å². The van der Waals surface area contributed by atoms with E-state index in [1.807, 2.05) is 0 Å². The number of nitrogens with zero attached hydrogens (tertiary/aromatic N) is 1. The van der Waals surface area contributed by atoms with Crippen molar-refractivity contribution >= 4 is 0 Å². The van der Waals surface area contributed by atoms with E-state index in [1.54, 1.807) is 0 Å². The van der Waals surface area contributed by atoms with Crippen LogP contribution in [0.25, 0.3) is 0 Å². The first-order valence-electron chi connectivity index (χ1n) is 8.73. The SMILES string of the molecule is CCC1CCC(O)C(N2CCCC3CCCCC32)C1. The van der Waals surface area contributed by atoms with Crippen molar-refractivity contribution in [3.8, 4) is 0 Å². The Morgan fingerprint density at radius 1 is 0.947 bits per heavy atom. The molecule has 0 radical (unpaired) electrons. The molecule has 110 valence electrons. The molecular formula is C17H31NO. The molecule has 1 N–H and O–H groups in total. The second kappa shape index (κ2) is 6.13. The van der Waals surface area contributed by atoms with Crippen LogP contribution in [0.4, 0.5) is 0 Å². The molecule has 1 aliphatic heterocycles. The van der Waals surface area contributed by atoms with Crippen molar-refractivity contribution in [2.45, 2.75) is 89.3 Å². The molecule has 0 amide bonds. The van der Waals surface area contributed by atoms with E-state index in [1.165, 1.54) is 64.3 Å². The summed E-state index contributed by atoms with van der Waals surface area (Å²) in [6, 6.07) is 1.28. The summed E-state index contributed by atoms with van der Waals surface area (Å²) in [7, 11) is 0. The van der Waals surface area contributed by atoms with Crippen LogP contribution in [0, 0.1) is 11.8 Å². The average molecular weight is 265 g/mol. The summed E-state index contributed by atoms with van der Waals surface area (Å²) in [6.07, 6.45) is 13.3. The van der Waals surface area contributed by atoms with E-state index in [9.17, 15) is 5.11 Å². The molecule has 2 heteroatoms. The zero-order chi connectivity index (χ0) is 13.2. The molecule has 3 rings (SSSR count). The molecule has 1 saturated heterocycles. The minimum absolute atomic E-state index is 0.0523. The van der Waals surface area contributed by atoms with Gasteiger partial charge in [0, 0.05) is 12.1 Å². The quantitative estimate of drug-likeness (QED) is 0.825. The van der Waals surface area contributed by atoms with Crippen LogP contribution in [0.1, 0.15) is 71.1 Å². The van der Waals surface area contributed by atoms with Gasteiger partial charge in [-0.05, 0) is 63.3 Å². The van der Waals surface area contributed by atoms with Crippen molar-refractivity contribution in [2.75, 3.05) is 6.54 Å². The highest BCUT2D eigenvalue weighted by Gasteiger charge is 2.40. The molecule has 0 aromatic carbocycles. The number of aliphatic hydroxyl groups is 1. The van der Waals surface area contributed by atoms with Crippen LogP contribution in [-0.4, -0.2) is 34.7 Å². The number of hydrogen-bond donors (Lipinski definition) is 1. The predicted molar refractivity (Wildman–Crippen MR) is 79.1 cm³/mol. The van der Waals surface area contributed by atoms with Gasteiger partial charge < -0.3 is 5.11 Å².